The number of rotatable bonds is 4. The van der Waals surface area contributed by atoms with Gasteiger partial charge in [-0.3, -0.25) is 4.90 Å². The molecule has 1 fully saturated rings. The molecule has 1 aromatic carbocycles. The molecule has 2 atom stereocenters. The van der Waals surface area contributed by atoms with Gasteiger partial charge in [0.15, 0.2) is 0 Å². The lowest BCUT2D eigenvalue weighted by Gasteiger charge is -2.38. The zero-order valence-corrected chi connectivity index (χ0v) is 11.7. The Bertz CT molecular complexity index is 500. The van der Waals surface area contributed by atoms with Gasteiger partial charge in [0.2, 0.25) is 0 Å². The van der Waals surface area contributed by atoms with Crippen molar-refractivity contribution in [2.24, 2.45) is 5.73 Å². The van der Waals surface area contributed by atoms with E-state index in [4.69, 9.17) is 15.7 Å². The van der Waals surface area contributed by atoms with E-state index >= 15 is 0 Å². The van der Waals surface area contributed by atoms with Crippen LogP contribution in [0, 0.1) is 17.1 Å². The first-order valence-corrected chi connectivity index (χ1v) is 6.83. The first-order chi connectivity index (χ1) is 9.67. The third-order valence-electron chi connectivity index (χ3n) is 3.94. The van der Waals surface area contributed by atoms with E-state index in [-0.39, 0.29) is 18.0 Å². The fraction of sp³-hybridized carbons (Fsp3) is 0.533. The van der Waals surface area contributed by atoms with E-state index in [9.17, 15) is 4.39 Å². The summed E-state index contributed by atoms with van der Waals surface area (Å²) in [5, 5.41) is 8.90. The van der Waals surface area contributed by atoms with Crippen molar-refractivity contribution >= 4 is 0 Å². The molecular formula is C15H20FN3O. The summed E-state index contributed by atoms with van der Waals surface area (Å²) in [5.74, 6) is -0.270. The minimum absolute atomic E-state index is 0.193. The van der Waals surface area contributed by atoms with Crippen molar-refractivity contribution in [3.8, 4) is 6.07 Å². The van der Waals surface area contributed by atoms with Crippen molar-refractivity contribution in [2.45, 2.75) is 31.5 Å². The van der Waals surface area contributed by atoms with Gasteiger partial charge in [0.25, 0.3) is 0 Å². The van der Waals surface area contributed by atoms with E-state index in [0.717, 1.165) is 19.4 Å². The molecule has 2 N–H and O–H groups in total. The van der Waals surface area contributed by atoms with Crippen molar-refractivity contribution in [2.75, 3.05) is 20.2 Å². The standard InChI is InChI=1S/C15H20FN3O/c1-20-14-4-5-19(13(7-14)9-18)10-12-6-11(8-17)2-3-15(12)16/h2-3,6,13-14H,4-5,7,9-10,18H2,1H3. The Labute approximate surface area is 118 Å². The molecule has 1 aliphatic rings. The number of hydrogen-bond acceptors (Lipinski definition) is 4. The van der Waals surface area contributed by atoms with Crippen LogP contribution in [0.3, 0.4) is 0 Å². The molecule has 0 spiro atoms. The lowest BCUT2D eigenvalue weighted by atomic mass is 9.98. The van der Waals surface area contributed by atoms with Gasteiger partial charge in [-0.25, -0.2) is 4.39 Å². The van der Waals surface area contributed by atoms with Gasteiger partial charge in [-0.1, -0.05) is 0 Å². The number of halogens is 1. The molecule has 1 heterocycles. The number of ether oxygens (including phenoxy) is 1. The highest BCUT2D eigenvalue weighted by Crippen LogP contribution is 2.22. The minimum atomic E-state index is -0.270. The highest BCUT2D eigenvalue weighted by molar-refractivity contribution is 5.33. The van der Waals surface area contributed by atoms with Gasteiger partial charge in [-0.2, -0.15) is 5.26 Å². The van der Waals surface area contributed by atoms with E-state index in [2.05, 4.69) is 4.90 Å². The molecule has 20 heavy (non-hydrogen) atoms. The third-order valence-corrected chi connectivity index (χ3v) is 3.94. The van der Waals surface area contributed by atoms with Crippen molar-refractivity contribution in [1.82, 2.24) is 4.90 Å². The number of hydrogen-bond donors (Lipinski definition) is 1. The van der Waals surface area contributed by atoms with Crippen LogP contribution in [-0.2, 0) is 11.3 Å². The monoisotopic (exact) mass is 277 g/mol. The molecular weight excluding hydrogens is 257 g/mol. The maximum atomic E-state index is 13.8. The number of piperidine rings is 1. The molecule has 108 valence electrons. The fourth-order valence-electron chi connectivity index (χ4n) is 2.71. The first kappa shape index (κ1) is 14.9. The molecule has 0 radical (unpaired) electrons. The largest absolute Gasteiger partial charge is 0.381 e. The van der Waals surface area contributed by atoms with Crippen LogP contribution in [0.25, 0.3) is 0 Å². The number of likely N-dealkylation sites (tertiary alicyclic amines) is 1. The Morgan fingerprint density at radius 3 is 3.00 bits per heavy atom. The van der Waals surface area contributed by atoms with Crippen LogP contribution in [-0.4, -0.2) is 37.2 Å². The SMILES string of the molecule is COC1CCN(Cc2cc(C#N)ccc2F)C(CN)C1. The average Bonchev–Trinajstić information content (AvgIpc) is 2.49. The summed E-state index contributed by atoms with van der Waals surface area (Å²) in [5.41, 5.74) is 6.85. The highest BCUT2D eigenvalue weighted by Gasteiger charge is 2.27. The Morgan fingerprint density at radius 1 is 1.55 bits per heavy atom. The molecule has 0 bridgehead atoms. The van der Waals surface area contributed by atoms with E-state index in [1.54, 1.807) is 13.2 Å². The van der Waals surface area contributed by atoms with Crippen LogP contribution in [0.15, 0.2) is 18.2 Å². The van der Waals surface area contributed by atoms with Gasteiger partial charge in [0.05, 0.1) is 17.7 Å². The quantitative estimate of drug-likeness (QED) is 0.908. The number of nitrogens with two attached hydrogens (primary N) is 1. The molecule has 0 aromatic heterocycles. The zero-order valence-electron chi connectivity index (χ0n) is 11.7. The topological polar surface area (TPSA) is 62.3 Å². The average molecular weight is 277 g/mol. The Hall–Kier alpha value is -1.48. The number of methoxy groups -OCH3 is 1. The van der Waals surface area contributed by atoms with Gasteiger partial charge in [-0.15, -0.1) is 0 Å². The summed E-state index contributed by atoms with van der Waals surface area (Å²) in [7, 11) is 1.71. The summed E-state index contributed by atoms with van der Waals surface area (Å²) < 4.78 is 19.2. The van der Waals surface area contributed by atoms with Gasteiger partial charge in [0, 0.05) is 38.3 Å². The van der Waals surface area contributed by atoms with Crippen LogP contribution in [0.2, 0.25) is 0 Å². The van der Waals surface area contributed by atoms with Crippen molar-refractivity contribution in [3.63, 3.8) is 0 Å². The zero-order chi connectivity index (χ0) is 14.5. The van der Waals surface area contributed by atoms with E-state index in [1.807, 2.05) is 6.07 Å². The predicted molar refractivity (Wildman–Crippen MR) is 74.4 cm³/mol. The van der Waals surface area contributed by atoms with E-state index < -0.39 is 0 Å². The lowest BCUT2D eigenvalue weighted by molar-refractivity contribution is 0.00987. The maximum Gasteiger partial charge on any atom is 0.127 e. The Balaban J connectivity index is 2.11. The second-order valence-electron chi connectivity index (χ2n) is 5.16. The smallest absolute Gasteiger partial charge is 0.127 e. The summed E-state index contributed by atoms with van der Waals surface area (Å²) in [4.78, 5) is 2.18. The highest BCUT2D eigenvalue weighted by atomic mass is 19.1. The Kier molecular flexibility index (Phi) is 5.07. The van der Waals surface area contributed by atoms with E-state index in [0.29, 0.717) is 24.2 Å². The minimum Gasteiger partial charge on any atom is -0.381 e. The van der Waals surface area contributed by atoms with Gasteiger partial charge in [-0.05, 0) is 31.0 Å². The lowest BCUT2D eigenvalue weighted by Crippen LogP contribution is -2.48. The molecule has 1 saturated heterocycles. The van der Waals surface area contributed by atoms with Gasteiger partial charge >= 0.3 is 0 Å². The normalized spacial score (nSPS) is 23.5. The van der Waals surface area contributed by atoms with E-state index in [1.165, 1.54) is 12.1 Å². The predicted octanol–water partition coefficient (Wildman–Crippen LogP) is 1.64. The maximum absolute atomic E-state index is 13.8. The molecule has 2 unspecified atom stereocenters. The second-order valence-corrected chi connectivity index (χ2v) is 5.16. The van der Waals surface area contributed by atoms with Crippen molar-refractivity contribution < 1.29 is 9.13 Å². The molecule has 0 amide bonds. The van der Waals surface area contributed by atoms with Crippen molar-refractivity contribution in [3.05, 3.63) is 35.1 Å². The fourth-order valence-corrected chi connectivity index (χ4v) is 2.71. The molecule has 1 aromatic rings. The first-order valence-electron chi connectivity index (χ1n) is 6.83. The number of benzene rings is 1. The van der Waals surface area contributed by atoms with Gasteiger partial charge < -0.3 is 10.5 Å². The summed E-state index contributed by atoms with van der Waals surface area (Å²) in [6.45, 7) is 1.84. The third kappa shape index (κ3) is 3.34. The second kappa shape index (κ2) is 6.80. The Morgan fingerprint density at radius 2 is 2.35 bits per heavy atom. The van der Waals surface area contributed by atoms with Crippen LogP contribution in [0.5, 0.6) is 0 Å². The molecule has 5 heteroatoms. The summed E-state index contributed by atoms with van der Waals surface area (Å²) in [6, 6.07) is 6.70. The van der Waals surface area contributed by atoms with Gasteiger partial charge in [0.1, 0.15) is 5.82 Å². The number of nitriles is 1. The van der Waals surface area contributed by atoms with Crippen molar-refractivity contribution in [1.29, 1.82) is 5.26 Å². The van der Waals surface area contributed by atoms with Crippen LogP contribution >= 0.6 is 0 Å². The molecule has 1 aliphatic heterocycles. The summed E-state index contributed by atoms with van der Waals surface area (Å²) in [6.07, 6.45) is 2.02. The van der Waals surface area contributed by atoms with Crippen LogP contribution in [0.4, 0.5) is 4.39 Å². The molecule has 0 aliphatic carbocycles. The van der Waals surface area contributed by atoms with Crippen LogP contribution in [0.1, 0.15) is 24.0 Å². The summed E-state index contributed by atoms with van der Waals surface area (Å²) >= 11 is 0. The number of nitrogens with zero attached hydrogens (tertiary/aromatic N) is 2. The molecule has 0 saturated carbocycles. The molecule has 4 nitrogen and oxygen atoms in total. The molecule has 2 rings (SSSR count). The van der Waals surface area contributed by atoms with Crippen LogP contribution < -0.4 is 5.73 Å².